The van der Waals surface area contributed by atoms with Crippen LogP contribution in [0.1, 0.15) is 5.56 Å². The average molecular weight is 240 g/mol. The number of nitrogens with one attached hydrogen (secondary N) is 1. The fraction of sp³-hybridized carbons (Fsp3) is 0.500. The van der Waals surface area contributed by atoms with Gasteiger partial charge in [-0.2, -0.15) is 0 Å². The van der Waals surface area contributed by atoms with Crippen LogP contribution in [0.3, 0.4) is 0 Å². The van der Waals surface area contributed by atoms with Gasteiger partial charge in [-0.15, -0.1) is 0 Å². The number of phenols is 1. The minimum absolute atomic E-state index is 0.0716. The fourth-order valence-corrected chi connectivity index (χ4v) is 2.02. The topological polar surface area (TPSA) is 44.7 Å². The molecule has 4 nitrogen and oxygen atoms in total. The number of piperazine rings is 1. The highest BCUT2D eigenvalue weighted by Gasteiger charge is 2.16. The molecule has 1 heterocycles. The van der Waals surface area contributed by atoms with Gasteiger partial charge in [0.2, 0.25) is 0 Å². The zero-order valence-electron chi connectivity index (χ0n) is 9.87. The Morgan fingerprint density at radius 1 is 1.41 bits per heavy atom. The second kappa shape index (κ2) is 5.33. The lowest BCUT2D eigenvalue weighted by Crippen LogP contribution is -2.42. The Labute approximate surface area is 100.0 Å². The number of ether oxygens (including phenoxy) is 1. The maximum absolute atomic E-state index is 13.3. The predicted octanol–water partition coefficient (Wildman–Crippen LogP) is 0.945. The number of methoxy groups -OCH3 is 1. The van der Waals surface area contributed by atoms with E-state index in [2.05, 4.69) is 10.2 Å². The lowest BCUT2D eigenvalue weighted by atomic mass is 10.1. The van der Waals surface area contributed by atoms with Crippen LogP contribution < -0.4 is 10.1 Å². The molecule has 5 heteroatoms. The molecule has 0 unspecified atom stereocenters. The highest BCUT2D eigenvalue weighted by Crippen LogP contribution is 2.33. The van der Waals surface area contributed by atoms with Gasteiger partial charge in [-0.1, -0.05) is 6.07 Å². The molecule has 1 aromatic rings. The third-order valence-electron chi connectivity index (χ3n) is 2.97. The summed E-state index contributed by atoms with van der Waals surface area (Å²) in [6, 6.07) is 2.94. The van der Waals surface area contributed by atoms with Crippen LogP contribution >= 0.6 is 0 Å². The molecule has 2 rings (SSSR count). The predicted molar refractivity (Wildman–Crippen MR) is 62.8 cm³/mol. The summed E-state index contributed by atoms with van der Waals surface area (Å²) in [6.07, 6.45) is 0. The average Bonchev–Trinajstić information content (AvgIpc) is 2.35. The van der Waals surface area contributed by atoms with E-state index >= 15 is 0 Å². The monoisotopic (exact) mass is 240 g/mol. The van der Waals surface area contributed by atoms with Gasteiger partial charge in [0, 0.05) is 38.3 Å². The summed E-state index contributed by atoms with van der Waals surface area (Å²) < 4.78 is 18.2. The van der Waals surface area contributed by atoms with Crippen LogP contribution in [0.25, 0.3) is 0 Å². The Hall–Kier alpha value is -1.33. The third-order valence-corrected chi connectivity index (χ3v) is 2.97. The molecule has 1 saturated heterocycles. The van der Waals surface area contributed by atoms with Crippen LogP contribution in [-0.2, 0) is 6.54 Å². The second-order valence-electron chi connectivity index (χ2n) is 4.11. The molecule has 0 spiro atoms. The Morgan fingerprint density at radius 2 is 2.12 bits per heavy atom. The first-order chi connectivity index (χ1) is 8.22. The van der Waals surface area contributed by atoms with Crippen LogP contribution in [0, 0.1) is 5.82 Å². The molecule has 0 radical (unpaired) electrons. The van der Waals surface area contributed by atoms with Gasteiger partial charge in [-0.25, -0.2) is 4.39 Å². The van der Waals surface area contributed by atoms with Crippen LogP contribution in [-0.4, -0.2) is 43.3 Å². The standard InChI is InChI=1S/C12H17FN2O2/c1-17-12-10(13)3-2-9(11(12)16)8-15-6-4-14-5-7-15/h2-3,14,16H,4-8H2,1H3. The van der Waals surface area contributed by atoms with Crippen LogP contribution in [0.4, 0.5) is 4.39 Å². The first kappa shape index (κ1) is 12.1. The summed E-state index contributed by atoms with van der Waals surface area (Å²) in [4.78, 5) is 2.21. The van der Waals surface area contributed by atoms with Crippen molar-refractivity contribution in [1.82, 2.24) is 10.2 Å². The van der Waals surface area contributed by atoms with E-state index in [1.807, 2.05) is 0 Å². The molecular formula is C12H17FN2O2. The van der Waals surface area contributed by atoms with Gasteiger partial charge in [-0.05, 0) is 6.07 Å². The molecule has 0 bridgehead atoms. The molecule has 1 aromatic carbocycles. The van der Waals surface area contributed by atoms with Gasteiger partial charge in [0.05, 0.1) is 7.11 Å². The Kier molecular flexibility index (Phi) is 3.81. The molecule has 0 aliphatic carbocycles. The number of hydrogen-bond acceptors (Lipinski definition) is 4. The van der Waals surface area contributed by atoms with Gasteiger partial charge in [0.15, 0.2) is 17.3 Å². The smallest absolute Gasteiger partial charge is 0.196 e. The summed E-state index contributed by atoms with van der Waals surface area (Å²) in [5.74, 6) is -0.697. The van der Waals surface area contributed by atoms with Gasteiger partial charge in [-0.3, -0.25) is 4.90 Å². The minimum atomic E-state index is -0.533. The zero-order valence-corrected chi connectivity index (χ0v) is 9.87. The maximum Gasteiger partial charge on any atom is 0.196 e. The van der Waals surface area contributed by atoms with Gasteiger partial charge >= 0.3 is 0 Å². The van der Waals surface area contributed by atoms with Crippen molar-refractivity contribution in [3.63, 3.8) is 0 Å². The van der Waals surface area contributed by atoms with Crippen LogP contribution in [0.5, 0.6) is 11.5 Å². The van der Waals surface area contributed by atoms with Crippen molar-refractivity contribution < 1.29 is 14.2 Å². The number of halogens is 1. The summed E-state index contributed by atoms with van der Waals surface area (Å²) in [7, 11) is 1.35. The van der Waals surface area contributed by atoms with Crippen LogP contribution in [0.2, 0.25) is 0 Å². The molecule has 17 heavy (non-hydrogen) atoms. The minimum Gasteiger partial charge on any atom is -0.504 e. The summed E-state index contributed by atoms with van der Waals surface area (Å²) in [6.45, 7) is 4.36. The number of nitrogens with zero attached hydrogens (tertiary/aromatic N) is 1. The van der Waals surface area contributed by atoms with Gasteiger partial charge in [0.1, 0.15) is 0 Å². The molecule has 0 amide bonds. The van der Waals surface area contributed by atoms with E-state index < -0.39 is 5.82 Å². The highest BCUT2D eigenvalue weighted by atomic mass is 19.1. The van der Waals surface area contributed by atoms with E-state index in [1.165, 1.54) is 13.2 Å². The molecule has 2 N–H and O–H groups in total. The summed E-state index contributed by atoms with van der Waals surface area (Å²) >= 11 is 0. The summed E-state index contributed by atoms with van der Waals surface area (Å²) in [5, 5.41) is 13.2. The third kappa shape index (κ3) is 2.68. The Bertz CT molecular complexity index is 392. The first-order valence-electron chi connectivity index (χ1n) is 5.69. The Balaban J connectivity index is 2.15. The number of benzene rings is 1. The molecule has 1 aliphatic rings. The highest BCUT2D eigenvalue weighted by molar-refractivity contribution is 5.46. The van der Waals surface area contributed by atoms with Crippen molar-refractivity contribution in [2.24, 2.45) is 0 Å². The number of rotatable bonds is 3. The zero-order chi connectivity index (χ0) is 12.3. The van der Waals surface area contributed by atoms with Crippen molar-refractivity contribution in [2.75, 3.05) is 33.3 Å². The van der Waals surface area contributed by atoms with E-state index in [4.69, 9.17) is 4.74 Å². The largest absolute Gasteiger partial charge is 0.504 e. The summed E-state index contributed by atoms with van der Waals surface area (Å²) in [5.41, 5.74) is 0.699. The van der Waals surface area contributed by atoms with Crippen LogP contribution in [0.15, 0.2) is 12.1 Å². The van der Waals surface area contributed by atoms with Crippen molar-refractivity contribution in [1.29, 1.82) is 0 Å². The molecule has 1 fully saturated rings. The quantitative estimate of drug-likeness (QED) is 0.825. The SMILES string of the molecule is COc1c(F)ccc(CN2CCNCC2)c1O. The van der Waals surface area contributed by atoms with E-state index in [9.17, 15) is 9.50 Å². The molecule has 0 aromatic heterocycles. The molecule has 0 saturated carbocycles. The Morgan fingerprint density at radius 3 is 2.76 bits per heavy atom. The van der Waals surface area contributed by atoms with E-state index in [1.54, 1.807) is 6.07 Å². The number of phenolic OH excluding ortho intramolecular Hbond substituents is 1. The maximum atomic E-state index is 13.3. The molecule has 0 atom stereocenters. The van der Waals surface area contributed by atoms with Crippen molar-refractivity contribution in [3.8, 4) is 11.5 Å². The molecule has 94 valence electrons. The fourth-order valence-electron chi connectivity index (χ4n) is 2.02. The van der Waals surface area contributed by atoms with E-state index in [-0.39, 0.29) is 11.5 Å². The number of aromatic hydroxyl groups is 1. The van der Waals surface area contributed by atoms with E-state index in [0.29, 0.717) is 12.1 Å². The van der Waals surface area contributed by atoms with E-state index in [0.717, 1.165) is 26.2 Å². The van der Waals surface area contributed by atoms with Crippen molar-refractivity contribution in [3.05, 3.63) is 23.5 Å². The lowest BCUT2D eigenvalue weighted by molar-refractivity contribution is 0.229. The normalized spacial score (nSPS) is 17.1. The van der Waals surface area contributed by atoms with Gasteiger partial charge < -0.3 is 15.2 Å². The lowest BCUT2D eigenvalue weighted by Gasteiger charge is -2.27. The second-order valence-corrected chi connectivity index (χ2v) is 4.11. The molecule has 1 aliphatic heterocycles. The van der Waals surface area contributed by atoms with Crippen molar-refractivity contribution >= 4 is 0 Å². The molecular weight excluding hydrogens is 223 g/mol. The van der Waals surface area contributed by atoms with Crippen molar-refractivity contribution in [2.45, 2.75) is 6.54 Å². The van der Waals surface area contributed by atoms with Gasteiger partial charge in [0.25, 0.3) is 0 Å². The first-order valence-corrected chi connectivity index (χ1v) is 5.69. The number of hydrogen-bond donors (Lipinski definition) is 2.